The van der Waals surface area contributed by atoms with E-state index in [2.05, 4.69) is 5.32 Å². The highest BCUT2D eigenvalue weighted by atomic mass is 16.1. The monoisotopic (exact) mass is 195 g/mol. The van der Waals surface area contributed by atoms with Gasteiger partial charge in [-0.15, -0.1) is 0 Å². The molecule has 0 aliphatic carbocycles. The van der Waals surface area contributed by atoms with Crippen molar-refractivity contribution >= 4 is 0 Å². The first-order valence-corrected chi connectivity index (χ1v) is 5.33. The zero-order valence-corrected chi connectivity index (χ0v) is 8.57. The van der Waals surface area contributed by atoms with Gasteiger partial charge in [-0.2, -0.15) is 0 Å². The SMILES string of the molecule is CCn1ccn(C2CCCCN2)c1=O. The number of hydrogen-bond donors (Lipinski definition) is 1. The van der Waals surface area contributed by atoms with Crippen LogP contribution in [0.15, 0.2) is 17.2 Å². The Balaban J connectivity index is 2.22. The predicted molar refractivity (Wildman–Crippen MR) is 55.3 cm³/mol. The zero-order valence-electron chi connectivity index (χ0n) is 8.57. The minimum Gasteiger partial charge on any atom is -0.299 e. The summed E-state index contributed by atoms with van der Waals surface area (Å²) < 4.78 is 3.54. The van der Waals surface area contributed by atoms with Gasteiger partial charge in [0.25, 0.3) is 0 Å². The molecule has 2 heterocycles. The molecule has 1 unspecified atom stereocenters. The minimum atomic E-state index is 0.104. The second-order valence-electron chi connectivity index (χ2n) is 3.74. The lowest BCUT2D eigenvalue weighted by Gasteiger charge is -2.23. The smallest absolute Gasteiger partial charge is 0.299 e. The van der Waals surface area contributed by atoms with E-state index < -0.39 is 0 Å². The highest BCUT2D eigenvalue weighted by molar-refractivity contribution is 4.85. The number of hydrogen-bond acceptors (Lipinski definition) is 2. The van der Waals surface area contributed by atoms with Crippen LogP contribution in [0.4, 0.5) is 0 Å². The van der Waals surface area contributed by atoms with Gasteiger partial charge in [0.1, 0.15) is 0 Å². The summed E-state index contributed by atoms with van der Waals surface area (Å²) >= 11 is 0. The van der Waals surface area contributed by atoms with Gasteiger partial charge in [0, 0.05) is 18.9 Å². The second-order valence-corrected chi connectivity index (χ2v) is 3.74. The number of aryl methyl sites for hydroxylation is 1. The average Bonchev–Trinajstić information content (AvgIpc) is 2.61. The second kappa shape index (κ2) is 4.00. The van der Waals surface area contributed by atoms with E-state index in [0.29, 0.717) is 0 Å². The maximum Gasteiger partial charge on any atom is 0.329 e. The third kappa shape index (κ3) is 1.62. The van der Waals surface area contributed by atoms with Crippen molar-refractivity contribution in [1.29, 1.82) is 0 Å². The first kappa shape index (κ1) is 9.52. The Labute approximate surface area is 83.5 Å². The van der Waals surface area contributed by atoms with Crippen LogP contribution in [0.1, 0.15) is 32.4 Å². The van der Waals surface area contributed by atoms with E-state index in [4.69, 9.17) is 0 Å². The largest absolute Gasteiger partial charge is 0.329 e. The van der Waals surface area contributed by atoms with Gasteiger partial charge in [-0.25, -0.2) is 4.79 Å². The number of imidazole rings is 1. The number of rotatable bonds is 2. The van der Waals surface area contributed by atoms with Crippen molar-refractivity contribution in [2.24, 2.45) is 0 Å². The van der Waals surface area contributed by atoms with Gasteiger partial charge >= 0.3 is 5.69 Å². The average molecular weight is 195 g/mol. The molecule has 0 radical (unpaired) electrons. The normalized spacial score (nSPS) is 22.5. The Morgan fingerprint density at radius 3 is 2.93 bits per heavy atom. The van der Waals surface area contributed by atoms with E-state index in [1.807, 2.05) is 23.9 Å². The molecular weight excluding hydrogens is 178 g/mol. The molecule has 14 heavy (non-hydrogen) atoms. The molecule has 1 aliphatic rings. The number of nitrogens with one attached hydrogen (secondary N) is 1. The van der Waals surface area contributed by atoms with E-state index in [-0.39, 0.29) is 11.9 Å². The molecule has 1 N–H and O–H groups in total. The van der Waals surface area contributed by atoms with Crippen LogP contribution in [-0.2, 0) is 6.54 Å². The van der Waals surface area contributed by atoms with Crippen LogP contribution in [0.5, 0.6) is 0 Å². The maximum atomic E-state index is 11.8. The van der Waals surface area contributed by atoms with Crippen molar-refractivity contribution < 1.29 is 0 Å². The van der Waals surface area contributed by atoms with Crippen molar-refractivity contribution in [3.63, 3.8) is 0 Å². The summed E-state index contributed by atoms with van der Waals surface area (Å²) in [5.74, 6) is 0. The van der Waals surface area contributed by atoms with Crippen molar-refractivity contribution in [2.45, 2.75) is 38.9 Å². The molecule has 4 heteroatoms. The van der Waals surface area contributed by atoms with E-state index in [1.54, 1.807) is 4.57 Å². The topological polar surface area (TPSA) is 39.0 Å². The van der Waals surface area contributed by atoms with E-state index in [1.165, 1.54) is 12.8 Å². The van der Waals surface area contributed by atoms with E-state index in [9.17, 15) is 4.79 Å². The van der Waals surface area contributed by atoms with Crippen LogP contribution in [-0.4, -0.2) is 15.7 Å². The highest BCUT2D eigenvalue weighted by Crippen LogP contribution is 2.14. The van der Waals surface area contributed by atoms with Crippen LogP contribution < -0.4 is 11.0 Å². The molecule has 0 amide bonds. The van der Waals surface area contributed by atoms with Crippen LogP contribution in [0.2, 0.25) is 0 Å². The summed E-state index contributed by atoms with van der Waals surface area (Å²) in [6.45, 7) is 3.76. The molecule has 1 saturated heterocycles. The molecule has 78 valence electrons. The fraction of sp³-hybridized carbons (Fsp3) is 0.700. The van der Waals surface area contributed by atoms with Gasteiger partial charge in [-0.3, -0.25) is 14.5 Å². The summed E-state index contributed by atoms with van der Waals surface area (Å²) in [5, 5.41) is 3.36. The first-order valence-electron chi connectivity index (χ1n) is 5.33. The van der Waals surface area contributed by atoms with E-state index >= 15 is 0 Å². The third-order valence-electron chi connectivity index (χ3n) is 2.83. The maximum absolute atomic E-state index is 11.8. The Kier molecular flexibility index (Phi) is 2.72. The quantitative estimate of drug-likeness (QED) is 0.763. The molecule has 0 bridgehead atoms. The summed E-state index contributed by atoms with van der Waals surface area (Å²) in [6.07, 6.45) is 7.45. The zero-order chi connectivity index (χ0) is 9.97. The molecule has 1 atom stereocenters. The van der Waals surface area contributed by atoms with Crippen LogP contribution in [0, 0.1) is 0 Å². The van der Waals surface area contributed by atoms with Gasteiger partial charge in [-0.05, 0) is 32.7 Å². The van der Waals surface area contributed by atoms with Gasteiger partial charge in [0.05, 0.1) is 6.17 Å². The van der Waals surface area contributed by atoms with Crippen molar-refractivity contribution in [3.05, 3.63) is 22.9 Å². The molecule has 2 rings (SSSR count). The molecular formula is C10H17N3O. The minimum absolute atomic E-state index is 0.104. The number of aromatic nitrogens is 2. The number of piperidine rings is 1. The predicted octanol–water partition coefficient (Wildman–Crippen LogP) is 0.942. The van der Waals surface area contributed by atoms with Gasteiger partial charge in [0.15, 0.2) is 0 Å². The standard InChI is InChI=1S/C10H17N3O/c1-2-12-7-8-13(10(12)14)9-5-3-4-6-11-9/h7-9,11H,2-6H2,1H3. The van der Waals surface area contributed by atoms with Crippen molar-refractivity contribution in [1.82, 2.24) is 14.5 Å². The van der Waals surface area contributed by atoms with Crippen molar-refractivity contribution in [3.8, 4) is 0 Å². The summed E-state index contributed by atoms with van der Waals surface area (Å²) in [6, 6.07) is 0. The molecule has 1 fully saturated rings. The highest BCUT2D eigenvalue weighted by Gasteiger charge is 2.16. The van der Waals surface area contributed by atoms with Crippen LogP contribution in [0.3, 0.4) is 0 Å². The molecule has 1 aromatic rings. The Hall–Kier alpha value is -1.03. The Morgan fingerprint density at radius 1 is 1.50 bits per heavy atom. The molecule has 0 aromatic carbocycles. The van der Waals surface area contributed by atoms with Gasteiger partial charge < -0.3 is 0 Å². The lowest BCUT2D eigenvalue weighted by Crippen LogP contribution is -2.37. The third-order valence-corrected chi connectivity index (χ3v) is 2.83. The van der Waals surface area contributed by atoms with Crippen LogP contribution in [0.25, 0.3) is 0 Å². The van der Waals surface area contributed by atoms with Gasteiger partial charge in [0.2, 0.25) is 0 Å². The lowest BCUT2D eigenvalue weighted by molar-refractivity contribution is 0.312. The summed E-state index contributed by atoms with van der Waals surface area (Å²) in [5.41, 5.74) is 0.104. The molecule has 1 aromatic heterocycles. The molecule has 0 saturated carbocycles. The molecule has 4 nitrogen and oxygen atoms in total. The van der Waals surface area contributed by atoms with Crippen LogP contribution >= 0.6 is 0 Å². The Morgan fingerprint density at radius 2 is 2.36 bits per heavy atom. The molecule has 0 spiro atoms. The lowest BCUT2D eigenvalue weighted by atomic mass is 10.1. The fourth-order valence-electron chi connectivity index (χ4n) is 1.98. The summed E-state index contributed by atoms with van der Waals surface area (Å²) in [4.78, 5) is 11.8. The number of nitrogens with zero attached hydrogens (tertiary/aromatic N) is 2. The summed E-state index contributed by atoms with van der Waals surface area (Å²) in [7, 11) is 0. The Bertz CT molecular complexity index is 346. The first-order chi connectivity index (χ1) is 6.83. The molecule has 1 aliphatic heterocycles. The van der Waals surface area contributed by atoms with Gasteiger partial charge in [-0.1, -0.05) is 0 Å². The van der Waals surface area contributed by atoms with E-state index in [0.717, 1.165) is 19.5 Å². The fourth-order valence-corrected chi connectivity index (χ4v) is 1.98. The van der Waals surface area contributed by atoms with Crippen molar-refractivity contribution in [2.75, 3.05) is 6.54 Å².